The van der Waals surface area contributed by atoms with E-state index < -0.39 is 6.04 Å². The molecule has 0 saturated carbocycles. The molecule has 1 heterocycles. The van der Waals surface area contributed by atoms with Crippen molar-refractivity contribution in [3.8, 4) is 0 Å². The van der Waals surface area contributed by atoms with Gasteiger partial charge in [-0.3, -0.25) is 9.59 Å². The van der Waals surface area contributed by atoms with E-state index in [0.29, 0.717) is 19.6 Å². The molecule has 1 aliphatic heterocycles. The van der Waals surface area contributed by atoms with E-state index in [9.17, 15) is 9.59 Å². The van der Waals surface area contributed by atoms with Crippen LogP contribution in [-0.2, 0) is 14.3 Å². The summed E-state index contributed by atoms with van der Waals surface area (Å²) in [6.07, 6.45) is 1.56. The van der Waals surface area contributed by atoms with Crippen LogP contribution in [0.5, 0.6) is 0 Å². The molecule has 1 saturated heterocycles. The van der Waals surface area contributed by atoms with Gasteiger partial charge in [0.05, 0.1) is 12.2 Å². The molecule has 2 amide bonds. The van der Waals surface area contributed by atoms with Crippen LogP contribution in [0.2, 0.25) is 0 Å². The second-order valence-electron chi connectivity index (χ2n) is 6.02. The molecule has 1 fully saturated rings. The highest BCUT2D eigenvalue weighted by molar-refractivity contribution is 5.96. The van der Waals surface area contributed by atoms with Crippen LogP contribution in [0.25, 0.3) is 0 Å². The zero-order chi connectivity index (χ0) is 14.6. The van der Waals surface area contributed by atoms with Crippen molar-refractivity contribution in [3.63, 3.8) is 0 Å². The molecule has 19 heavy (non-hydrogen) atoms. The number of hydrogen-bond donors (Lipinski definition) is 1. The second-order valence-corrected chi connectivity index (χ2v) is 6.02. The lowest BCUT2D eigenvalue weighted by Gasteiger charge is -2.37. The van der Waals surface area contributed by atoms with Gasteiger partial charge in [-0.15, -0.1) is 0 Å². The Morgan fingerprint density at radius 3 is 2.47 bits per heavy atom. The van der Waals surface area contributed by atoms with Gasteiger partial charge in [0, 0.05) is 6.54 Å². The molecular formula is C14H26N2O3. The number of piperazine rings is 1. The average molecular weight is 270 g/mol. The Bertz CT molecular complexity index is 336. The molecule has 110 valence electrons. The number of carbonyl (C=O) groups is 2. The first kappa shape index (κ1) is 16.0. The van der Waals surface area contributed by atoms with E-state index in [1.54, 1.807) is 11.8 Å². The largest absolute Gasteiger partial charge is 0.374 e. The zero-order valence-electron chi connectivity index (χ0n) is 12.7. The Hall–Kier alpha value is -1.10. The quantitative estimate of drug-likeness (QED) is 0.819. The number of hydrogen-bond acceptors (Lipinski definition) is 3. The Kier molecular flexibility index (Phi) is 5.35. The first-order chi connectivity index (χ1) is 8.76. The predicted octanol–water partition coefficient (Wildman–Crippen LogP) is 1.32. The fourth-order valence-electron chi connectivity index (χ4n) is 2.12. The van der Waals surface area contributed by atoms with Crippen LogP contribution in [0.4, 0.5) is 0 Å². The Balaban J connectivity index is 2.62. The molecular weight excluding hydrogens is 244 g/mol. The van der Waals surface area contributed by atoms with E-state index >= 15 is 0 Å². The summed E-state index contributed by atoms with van der Waals surface area (Å²) >= 11 is 0. The van der Waals surface area contributed by atoms with Crippen LogP contribution in [-0.4, -0.2) is 47.6 Å². The molecule has 0 aromatic heterocycles. The maximum atomic E-state index is 12.3. The number of rotatable bonds is 5. The molecule has 0 bridgehead atoms. The van der Waals surface area contributed by atoms with Crippen LogP contribution in [0.3, 0.4) is 0 Å². The number of ether oxygens (including phenoxy) is 1. The molecule has 1 aliphatic rings. The lowest BCUT2D eigenvalue weighted by molar-refractivity contribution is -0.150. The normalized spacial score (nSPS) is 24.6. The zero-order valence-corrected chi connectivity index (χ0v) is 12.7. The van der Waals surface area contributed by atoms with E-state index in [4.69, 9.17) is 4.74 Å². The smallest absolute Gasteiger partial charge is 0.245 e. The minimum absolute atomic E-state index is 0.00598. The summed E-state index contributed by atoms with van der Waals surface area (Å²) in [5, 5.41) is 2.78. The molecule has 2 atom stereocenters. The van der Waals surface area contributed by atoms with E-state index in [-0.39, 0.29) is 23.5 Å². The molecule has 0 aromatic rings. The van der Waals surface area contributed by atoms with Gasteiger partial charge in [-0.2, -0.15) is 0 Å². The van der Waals surface area contributed by atoms with Gasteiger partial charge in [-0.05, 0) is 34.1 Å². The fraction of sp³-hybridized carbons (Fsp3) is 0.857. The SMILES string of the molecule is CCCC1NC(=O)C(C)N(CCOC(C)(C)C)C1=O. The average Bonchev–Trinajstić information content (AvgIpc) is 2.29. The molecule has 1 rings (SSSR count). The van der Waals surface area contributed by atoms with Crippen LogP contribution in [0.1, 0.15) is 47.5 Å². The van der Waals surface area contributed by atoms with Gasteiger partial charge in [0.2, 0.25) is 11.8 Å². The van der Waals surface area contributed by atoms with E-state index in [2.05, 4.69) is 5.32 Å². The number of nitrogens with zero attached hydrogens (tertiary/aromatic N) is 1. The highest BCUT2D eigenvalue weighted by Gasteiger charge is 2.37. The number of amides is 2. The summed E-state index contributed by atoms with van der Waals surface area (Å²) in [6.45, 7) is 10.6. The molecule has 0 aliphatic carbocycles. The third kappa shape index (κ3) is 4.49. The summed E-state index contributed by atoms with van der Waals surface area (Å²) in [5.74, 6) is -0.0692. The lowest BCUT2D eigenvalue weighted by atomic mass is 10.0. The van der Waals surface area contributed by atoms with Crippen LogP contribution in [0.15, 0.2) is 0 Å². The van der Waals surface area contributed by atoms with Crippen molar-refractivity contribution in [2.24, 2.45) is 0 Å². The van der Waals surface area contributed by atoms with Crippen LogP contribution in [0, 0.1) is 0 Å². The molecule has 0 aromatic carbocycles. The highest BCUT2D eigenvalue weighted by Crippen LogP contribution is 2.14. The highest BCUT2D eigenvalue weighted by atomic mass is 16.5. The number of carbonyl (C=O) groups excluding carboxylic acids is 2. The molecule has 2 unspecified atom stereocenters. The fourth-order valence-corrected chi connectivity index (χ4v) is 2.12. The van der Waals surface area contributed by atoms with Gasteiger partial charge >= 0.3 is 0 Å². The standard InChI is InChI=1S/C14H26N2O3/c1-6-7-11-13(18)16(10(2)12(17)15-11)8-9-19-14(3,4)5/h10-11H,6-9H2,1-5H3,(H,15,17). The maximum Gasteiger partial charge on any atom is 0.245 e. The van der Waals surface area contributed by atoms with Crippen molar-refractivity contribution in [1.29, 1.82) is 0 Å². The molecule has 0 radical (unpaired) electrons. The van der Waals surface area contributed by atoms with Crippen LogP contribution >= 0.6 is 0 Å². The van der Waals surface area contributed by atoms with Gasteiger partial charge in [0.25, 0.3) is 0 Å². The van der Waals surface area contributed by atoms with E-state index in [1.807, 2.05) is 27.7 Å². The monoisotopic (exact) mass is 270 g/mol. The maximum absolute atomic E-state index is 12.3. The summed E-state index contributed by atoms with van der Waals surface area (Å²) in [5.41, 5.74) is -0.229. The summed E-state index contributed by atoms with van der Waals surface area (Å²) in [6, 6.07) is -0.785. The van der Waals surface area contributed by atoms with E-state index in [1.165, 1.54) is 0 Å². The Morgan fingerprint density at radius 2 is 1.95 bits per heavy atom. The lowest BCUT2D eigenvalue weighted by Crippen LogP contribution is -2.62. The van der Waals surface area contributed by atoms with Crippen molar-refractivity contribution in [1.82, 2.24) is 10.2 Å². The first-order valence-electron chi connectivity index (χ1n) is 7.01. The Labute approximate surface area is 115 Å². The van der Waals surface area contributed by atoms with Crippen molar-refractivity contribution >= 4 is 11.8 Å². The minimum Gasteiger partial charge on any atom is -0.374 e. The predicted molar refractivity (Wildman–Crippen MR) is 73.7 cm³/mol. The summed E-state index contributed by atoms with van der Waals surface area (Å²) in [4.78, 5) is 25.8. The molecule has 5 heteroatoms. The summed E-state index contributed by atoms with van der Waals surface area (Å²) in [7, 11) is 0. The van der Waals surface area contributed by atoms with Gasteiger partial charge in [0.1, 0.15) is 12.1 Å². The van der Waals surface area contributed by atoms with Crippen LogP contribution < -0.4 is 5.32 Å². The summed E-state index contributed by atoms with van der Waals surface area (Å²) < 4.78 is 5.63. The van der Waals surface area contributed by atoms with Crippen molar-refractivity contribution < 1.29 is 14.3 Å². The van der Waals surface area contributed by atoms with Crippen molar-refractivity contribution in [2.75, 3.05) is 13.2 Å². The molecule has 5 nitrogen and oxygen atoms in total. The van der Waals surface area contributed by atoms with Gasteiger partial charge < -0.3 is 15.0 Å². The first-order valence-corrected chi connectivity index (χ1v) is 7.01. The molecule has 1 N–H and O–H groups in total. The topological polar surface area (TPSA) is 58.6 Å². The van der Waals surface area contributed by atoms with E-state index in [0.717, 1.165) is 6.42 Å². The molecule has 0 spiro atoms. The second kappa shape index (κ2) is 6.37. The third-order valence-corrected chi connectivity index (χ3v) is 3.19. The third-order valence-electron chi connectivity index (χ3n) is 3.19. The van der Waals surface area contributed by atoms with Gasteiger partial charge in [-0.25, -0.2) is 0 Å². The van der Waals surface area contributed by atoms with Gasteiger partial charge in [0.15, 0.2) is 0 Å². The minimum atomic E-state index is -0.413. The number of nitrogens with one attached hydrogen (secondary N) is 1. The van der Waals surface area contributed by atoms with Gasteiger partial charge in [-0.1, -0.05) is 13.3 Å². The Morgan fingerprint density at radius 1 is 1.32 bits per heavy atom. The van der Waals surface area contributed by atoms with Crippen molar-refractivity contribution in [3.05, 3.63) is 0 Å². The van der Waals surface area contributed by atoms with Crippen molar-refractivity contribution in [2.45, 2.75) is 65.1 Å².